The monoisotopic (exact) mass is 663 g/mol. The minimum atomic E-state index is -0.855. The Morgan fingerprint density at radius 3 is 2.06 bits per heavy atom. The molecule has 0 aromatic heterocycles. The Balaban J connectivity index is 1.29. The average Bonchev–Trinajstić information content (AvgIpc) is 3.47. The van der Waals surface area contributed by atoms with Crippen LogP contribution in [-0.4, -0.2) is 40.5 Å². The molecule has 2 aliphatic heterocycles. The molecular formula is C45H45NO4. The lowest BCUT2D eigenvalue weighted by molar-refractivity contribution is 0.122. The van der Waals surface area contributed by atoms with Crippen LogP contribution in [0.25, 0.3) is 28.0 Å². The molecule has 1 spiro atoms. The summed E-state index contributed by atoms with van der Waals surface area (Å²) in [5.74, 6) is 2.58. The number of hydrogen-bond acceptors (Lipinski definition) is 5. The van der Waals surface area contributed by atoms with Crippen LogP contribution in [0.1, 0.15) is 72.8 Å². The first-order chi connectivity index (χ1) is 24.6. The third-order valence-electron chi connectivity index (χ3n) is 11.8. The van der Waals surface area contributed by atoms with Crippen molar-refractivity contribution in [1.29, 1.82) is 0 Å². The summed E-state index contributed by atoms with van der Waals surface area (Å²) in [6.45, 7) is 3.31. The Hall–Kier alpha value is -4.74. The zero-order chi connectivity index (χ0) is 33.7. The number of ether oxygens (including phenoxy) is 4. The van der Waals surface area contributed by atoms with Crippen molar-refractivity contribution in [3.8, 4) is 28.4 Å². The molecule has 1 atom stereocenters. The van der Waals surface area contributed by atoms with E-state index in [1.165, 1.54) is 71.0 Å². The molecule has 1 saturated heterocycles. The molecule has 0 bridgehead atoms. The molecule has 50 heavy (non-hydrogen) atoms. The first kappa shape index (κ1) is 31.3. The fourth-order valence-corrected chi connectivity index (χ4v) is 9.36. The van der Waals surface area contributed by atoms with Crippen LogP contribution in [0.15, 0.2) is 97.1 Å². The SMILES string of the molecule is COc1ccc(C2(c3ccc(N4CCOCC4)cc3)C=Cc3c4c(c5ccc(OC)cc5c3O2)-c2ccccc2C42CCCCCCC2)cc1. The van der Waals surface area contributed by atoms with Crippen molar-refractivity contribution in [3.05, 3.63) is 125 Å². The van der Waals surface area contributed by atoms with Gasteiger partial charge in [0.05, 0.1) is 27.4 Å². The third-order valence-corrected chi connectivity index (χ3v) is 11.8. The molecule has 5 nitrogen and oxygen atoms in total. The van der Waals surface area contributed by atoms with Crippen molar-refractivity contribution in [1.82, 2.24) is 0 Å². The van der Waals surface area contributed by atoms with Crippen molar-refractivity contribution in [2.75, 3.05) is 45.4 Å². The van der Waals surface area contributed by atoms with Gasteiger partial charge in [-0.05, 0) is 89.0 Å². The Labute approximate surface area is 295 Å². The second-order valence-electron chi connectivity index (χ2n) is 14.3. The Morgan fingerprint density at radius 1 is 0.680 bits per heavy atom. The number of hydrogen-bond donors (Lipinski definition) is 0. The molecule has 9 rings (SSSR count). The fraction of sp³-hybridized carbons (Fsp3) is 0.333. The largest absolute Gasteiger partial charge is 0.497 e. The number of benzene rings is 5. The van der Waals surface area contributed by atoms with E-state index in [1.54, 1.807) is 14.2 Å². The van der Waals surface area contributed by atoms with Gasteiger partial charge in [0.25, 0.3) is 0 Å². The van der Waals surface area contributed by atoms with Gasteiger partial charge in [0.2, 0.25) is 0 Å². The predicted molar refractivity (Wildman–Crippen MR) is 202 cm³/mol. The predicted octanol–water partition coefficient (Wildman–Crippen LogP) is 10.1. The van der Waals surface area contributed by atoms with E-state index in [2.05, 4.69) is 95.9 Å². The van der Waals surface area contributed by atoms with Crippen molar-refractivity contribution in [3.63, 3.8) is 0 Å². The molecule has 254 valence electrons. The minimum absolute atomic E-state index is 0.0435. The fourth-order valence-electron chi connectivity index (χ4n) is 9.36. The van der Waals surface area contributed by atoms with Gasteiger partial charge in [-0.3, -0.25) is 0 Å². The number of anilines is 1. The zero-order valence-electron chi connectivity index (χ0n) is 29.2. The van der Waals surface area contributed by atoms with Gasteiger partial charge in [-0.15, -0.1) is 0 Å². The minimum Gasteiger partial charge on any atom is -0.497 e. The second-order valence-corrected chi connectivity index (χ2v) is 14.3. The Morgan fingerprint density at radius 2 is 1.34 bits per heavy atom. The summed E-state index contributed by atoms with van der Waals surface area (Å²) >= 11 is 0. The number of fused-ring (bicyclic) bond motifs is 10. The second kappa shape index (κ2) is 12.5. The lowest BCUT2D eigenvalue weighted by Gasteiger charge is -2.40. The molecule has 0 amide bonds. The van der Waals surface area contributed by atoms with Crippen LogP contribution < -0.4 is 19.1 Å². The van der Waals surface area contributed by atoms with E-state index in [-0.39, 0.29) is 5.41 Å². The summed E-state index contributed by atoms with van der Waals surface area (Å²) in [6, 6.07) is 33.1. The molecule has 5 aromatic carbocycles. The number of morpholine rings is 1. The standard InChI is InChI=1S/C45H45NO4/c1-47-34-18-14-32(15-19-34)45(31-12-16-33(17-13-31)46-26-28-49-29-27-46)25-22-38-42-41(36-21-20-35(48-2)30-39(36)43(38)50-45)37-10-6-7-11-40(37)44(42)23-8-4-3-5-9-24-44/h6-7,10-22,25,30H,3-5,8-9,23-24,26-29H2,1-2H3. The Bertz CT molecular complexity index is 2070. The number of rotatable bonds is 5. The molecule has 0 radical (unpaired) electrons. The van der Waals surface area contributed by atoms with Crippen LogP contribution in [0.5, 0.6) is 17.2 Å². The first-order valence-electron chi connectivity index (χ1n) is 18.4. The highest BCUT2D eigenvalue weighted by molar-refractivity contribution is 6.09. The van der Waals surface area contributed by atoms with Crippen molar-refractivity contribution in [2.24, 2.45) is 0 Å². The molecule has 2 fully saturated rings. The lowest BCUT2D eigenvalue weighted by atomic mass is 9.67. The maximum Gasteiger partial charge on any atom is 0.178 e. The van der Waals surface area contributed by atoms with Crippen molar-refractivity contribution < 1.29 is 18.9 Å². The lowest BCUT2D eigenvalue weighted by Crippen LogP contribution is -2.37. The van der Waals surface area contributed by atoms with E-state index in [0.717, 1.165) is 72.9 Å². The van der Waals surface area contributed by atoms with E-state index in [0.29, 0.717) is 0 Å². The van der Waals surface area contributed by atoms with Gasteiger partial charge in [-0.25, -0.2) is 0 Å². The van der Waals surface area contributed by atoms with Crippen molar-refractivity contribution >= 4 is 22.5 Å². The van der Waals surface area contributed by atoms with Gasteiger partial charge >= 0.3 is 0 Å². The van der Waals surface area contributed by atoms with E-state index in [1.807, 2.05) is 12.1 Å². The van der Waals surface area contributed by atoms with Crippen LogP contribution in [0.4, 0.5) is 5.69 Å². The summed E-state index contributed by atoms with van der Waals surface area (Å²) in [4.78, 5) is 2.40. The van der Waals surface area contributed by atoms with Crippen LogP contribution in [-0.2, 0) is 15.8 Å². The summed E-state index contributed by atoms with van der Waals surface area (Å²) in [5, 5.41) is 2.32. The van der Waals surface area contributed by atoms with Gasteiger partial charge < -0.3 is 23.8 Å². The van der Waals surface area contributed by atoms with Gasteiger partial charge in [0.15, 0.2) is 5.60 Å². The van der Waals surface area contributed by atoms with Gasteiger partial charge in [0.1, 0.15) is 17.2 Å². The van der Waals surface area contributed by atoms with E-state index < -0.39 is 5.60 Å². The van der Waals surface area contributed by atoms with Crippen LogP contribution in [0, 0.1) is 0 Å². The first-order valence-corrected chi connectivity index (χ1v) is 18.4. The van der Waals surface area contributed by atoms with Crippen LogP contribution in [0.3, 0.4) is 0 Å². The smallest absolute Gasteiger partial charge is 0.178 e. The number of nitrogens with zero attached hydrogens (tertiary/aromatic N) is 1. The van der Waals surface area contributed by atoms with E-state index >= 15 is 0 Å². The molecule has 1 unspecified atom stereocenters. The van der Waals surface area contributed by atoms with Gasteiger partial charge in [-0.1, -0.05) is 86.7 Å². The quantitative estimate of drug-likeness (QED) is 0.187. The third kappa shape index (κ3) is 4.85. The molecule has 2 heterocycles. The van der Waals surface area contributed by atoms with E-state index in [9.17, 15) is 0 Å². The maximum atomic E-state index is 7.66. The topological polar surface area (TPSA) is 40.2 Å². The molecule has 0 N–H and O–H groups in total. The van der Waals surface area contributed by atoms with Gasteiger partial charge in [-0.2, -0.15) is 0 Å². The molecule has 4 aliphatic rings. The molecule has 5 heteroatoms. The molecule has 1 saturated carbocycles. The highest BCUT2D eigenvalue weighted by atomic mass is 16.5. The van der Waals surface area contributed by atoms with Gasteiger partial charge in [0, 0.05) is 46.3 Å². The highest BCUT2D eigenvalue weighted by Gasteiger charge is 2.48. The molecule has 5 aromatic rings. The Kier molecular flexibility index (Phi) is 7.84. The zero-order valence-corrected chi connectivity index (χ0v) is 29.2. The summed E-state index contributed by atoms with van der Waals surface area (Å²) < 4.78 is 24.7. The van der Waals surface area contributed by atoms with Crippen molar-refractivity contribution in [2.45, 2.75) is 56.0 Å². The highest BCUT2D eigenvalue weighted by Crippen LogP contribution is 2.61. The average molecular weight is 664 g/mol. The normalized spacial score (nSPS) is 20.7. The van der Waals surface area contributed by atoms with Crippen LogP contribution in [0.2, 0.25) is 0 Å². The molecule has 2 aliphatic carbocycles. The molecular weight excluding hydrogens is 618 g/mol. The van der Waals surface area contributed by atoms with E-state index in [4.69, 9.17) is 18.9 Å². The summed E-state index contributed by atoms with van der Waals surface area (Å²) in [6.07, 6.45) is 13.4. The summed E-state index contributed by atoms with van der Waals surface area (Å²) in [5.41, 5.74) is 9.35. The van der Waals surface area contributed by atoms with Crippen LogP contribution >= 0.6 is 0 Å². The maximum absolute atomic E-state index is 7.66. The number of methoxy groups -OCH3 is 2. The summed E-state index contributed by atoms with van der Waals surface area (Å²) in [7, 11) is 3.46.